The third-order valence-electron chi connectivity index (χ3n) is 2.75. The van der Waals surface area contributed by atoms with E-state index in [1.807, 2.05) is 0 Å². The molecule has 5 nitrogen and oxygen atoms in total. The molecular formula is C13H22ClN3O2. The Kier molecular flexibility index (Phi) is 7.95. The molecule has 0 bridgehead atoms. The van der Waals surface area contributed by atoms with E-state index in [1.54, 1.807) is 18.2 Å². The zero-order valence-electron chi connectivity index (χ0n) is 11.4. The number of benzene rings is 1. The zero-order valence-corrected chi connectivity index (χ0v) is 12.2. The molecule has 0 fully saturated rings. The minimum atomic E-state index is -0.388. The fourth-order valence-electron chi connectivity index (χ4n) is 1.69. The number of nitrogens with zero attached hydrogens (tertiary/aromatic N) is 1. The van der Waals surface area contributed by atoms with Gasteiger partial charge in [0.25, 0.3) is 0 Å². The first kappa shape index (κ1) is 17.5. The van der Waals surface area contributed by atoms with Crippen LogP contribution in [0.25, 0.3) is 0 Å². The summed E-state index contributed by atoms with van der Waals surface area (Å²) in [5, 5.41) is 0. The molecule has 6 heteroatoms. The Bertz CT molecular complexity index is 389. The van der Waals surface area contributed by atoms with E-state index in [9.17, 15) is 4.79 Å². The van der Waals surface area contributed by atoms with Crippen LogP contribution in [-0.4, -0.2) is 37.1 Å². The van der Waals surface area contributed by atoms with Crippen LogP contribution in [0.1, 0.15) is 24.2 Å². The molecule has 0 atom stereocenters. The molecule has 0 aliphatic carbocycles. The van der Waals surface area contributed by atoms with Crippen molar-refractivity contribution in [3.8, 4) is 0 Å². The lowest BCUT2D eigenvalue weighted by Crippen LogP contribution is -2.27. The maximum atomic E-state index is 11.8. The summed E-state index contributed by atoms with van der Waals surface area (Å²) in [7, 11) is 0. The standard InChI is InChI=1S/C13H21N3O2.ClH/c1-3-16(4-2)5-6-18-13(17)10-7-11(14)9-12(15)8-10;/h7-9H,3-6,14-15H2,1-2H3;1H. The van der Waals surface area contributed by atoms with Crippen molar-refractivity contribution in [2.75, 3.05) is 37.7 Å². The molecule has 1 aromatic rings. The molecule has 4 N–H and O–H groups in total. The molecule has 19 heavy (non-hydrogen) atoms. The van der Waals surface area contributed by atoms with Gasteiger partial charge in [-0.25, -0.2) is 4.79 Å². The normalized spacial score (nSPS) is 10.1. The molecule has 108 valence electrons. The predicted octanol–water partition coefficient (Wildman–Crippen LogP) is 1.77. The van der Waals surface area contributed by atoms with Crippen molar-refractivity contribution in [2.45, 2.75) is 13.8 Å². The van der Waals surface area contributed by atoms with Gasteiger partial charge < -0.3 is 21.1 Å². The first-order valence-corrected chi connectivity index (χ1v) is 6.12. The van der Waals surface area contributed by atoms with Crippen LogP contribution in [0.15, 0.2) is 18.2 Å². The summed E-state index contributed by atoms with van der Waals surface area (Å²) in [6.45, 7) is 7.14. The second-order valence-corrected chi connectivity index (χ2v) is 4.05. The number of nitrogens with two attached hydrogens (primary N) is 2. The summed E-state index contributed by atoms with van der Waals surface area (Å²) in [6.07, 6.45) is 0. The average molecular weight is 288 g/mol. The molecule has 0 heterocycles. The van der Waals surface area contributed by atoms with Gasteiger partial charge in [-0.2, -0.15) is 0 Å². The summed E-state index contributed by atoms with van der Waals surface area (Å²) in [4.78, 5) is 13.9. The van der Waals surface area contributed by atoms with E-state index >= 15 is 0 Å². The number of carbonyl (C=O) groups is 1. The molecule has 0 amide bonds. The topological polar surface area (TPSA) is 81.6 Å². The number of hydrogen-bond donors (Lipinski definition) is 2. The van der Waals surface area contributed by atoms with Crippen LogP contribution >= 0.6 is 12.4 Å². The van der Waals surface area contributed by atoms with E-state index < -0.39 is 0 Å². The van der Waals surface area contributed by atoms with Crippen LogP contribution in [-0.2, 0) is 4.74 Å². The van der Waals surface area contributed by atoms with E-state index in [4.69, 9.17) is 16.2 Å². The lowest BCUT2D eigenvalue weighted by Gasteiger charge is -2.17. The molecule has 1 aromatic carbocycles. The van der Waals surface area contributed by atoms with Gasteiger partial charge in [0, 0.05) is 17.9 Å². The molecule has 0 spiro atoms. The highest BCUT2D eigenvalue weighted by molar-refractivity contribution is 5.91. The summed E-state index contributed by atoms with van der Waals surface area (Å²) in [5.74, 6) is -0.388. The molecule has 0 unspecified atom stereocenters. The number of nitrogen functional groups attached to an aromatic ring is 2. The van der Waals surface area contributed by atoms with E-state index in [1.165, 1.54) is 0 Å². The minimum absolute atomic E-state index is 0. The number of likely N-dealkylation sites (N-methyl/N-ethyl adjacent to an activating group) is 1. The van der Waals surface area contributed by atoms with Crippen LogP contribution in [0, 0.1) is 0 Å². The number of halogens is 1. The van der Waals surface area contributed by atoms with Crippen LogP contribution in [0.5, 0.6) is 0 Å². The summed E-state index contributed by atoms with van der Waals surface area (Å²) in [6, 6.07) is 4.74. The Morgan fingerprint density at radius 1 is 1.16 bits per heavy atom. The summed E-state index contributed by atoms with van der Waals surface area (Å²) in [5.41, 5.74) is 12.6. The van der Waals surface area contributed by atoms with Crippen LogP contribution in [0.2, 0.25) is 0 Å². The monoisotopic (exact) mass is 287 g/mol. The molecular weight excluding hydrogens is 266 g/mol. The number of hydrogen-bond acceptors (Lipinski definition) is 5. The second kappa shape index (κ2) is 8.61. The van der Waals surface area contributed by atoms with Crippen LogP contribution in [0.4, 0.5) is 11.4 Å². The summed E-state index contributed by atoms with van der Waals surface area (Å²) < 4.78 is 5.18. The first-order valence-electron chi connectivity index (χ1n) is 6.12. The highest BCUT2D eigenvalue weighted by atomic mass is 35.5. The highest BCUT2D eigenvalue weighted by Crippen LogP contribution is 2.14. The van der Waals surface area contributed by atoms with Gasteiger partial charge in [-0.3, -0.25) is 0 Å². The van der Waals surface area contributed by atoms with Gasteiger partial charge in [0.1, 0.15) is 6.61 Å². The summed E-state index contributed by atoms with van der Waals surface area (Å²) >= 11 is 0. The van der Waals surface area contributed by atoms with E-state index in [0.29, 0.717) is 23.5 Å². The van der Waals surface area contributed by atoms with E-state index in [0.717, 1.165) is 19.6 Å². The Hall–Kier alpha value is -1.46. The van der Waals surface area contributed by atoms with Gasteiger partial charge in [0.05, 0.1) is 5.56 Å². The predicted molar refractivity (Wildman–Crippen MR) is 80.6 cm³/mol. The fourth-order valence-corrected chi connectivity index (χ4v) is 1.69. The molecule has 0 aliphatic heterocycles. The number of rotatable bonds is 6. The number of esters is 1. The number of carbonyl (C=O) groups excluding carboxylic acids is 1. The van der Waals surface area contributed by atoms with Gasteiger partial charge in [-0.1, -0.05) is 13.8 Å². The Balaban J connectivity index is 0.00000324. The van der Waals surface area contributed by atoms with Crippen LogP contribution in [0.3, 0.4) is 0 Å². The van der Waals surface area contributed by atoms with Crippen LogP contribution < -0.4 is 11.5 Å². The molecule has 0 aromatic heterocycles. The number of anilines is 2. The quantitative estimate of drug-likeness (QED) is 0.615. The maximum Gasteiger partial charge on any atom is 0.338 e. The smallest absolute Gasteiger partial charge is 0.338 e. The lowest BCUT2D eigenvalue weighted by atomic mass is 10.2. The zero-order chi connectivity index (χ0) is 13.5. The van der Waals surface area contributed by atoms with Gasteiger partial charge in [0.2, 0.25) is 0 Å². The van der Waals surface area contributed by atoms with Crippen molar-refractivity contribution in [2.24, 2.45) is 0 Å². The van der Waals surface area contributed by atoms with Gasteiger partial charge in [-0.05, 0) is 31.3 Å². The third-order valence-corrected chi connectivity index (χ3v) is 2.75. The average Bonchev–Trinajstić information content (AvgIpc) is 2.33. The molecule has 0 radical (unpaired) electrons. The Morgan fingerprint density at radius 2 is 1.68 bits per heavy atom. The fraction of sp³-hybridized carbons (Fsp3) is 0.462. The lowest BCUT2D eigenvalue weighted by molar-refractivity contribution is 0.0466. The van der Waals surface area contributed by atoms with E-state index in [-0.39, 0.29) is 18.4 Å². The number of ether oxygens (including phenoxy) is 1. The molecule has 0 saturated carbocycles. The van der Waals surface area contributed by atoms with Crippen molar-refractivity contribution < 1.29 is 9.53 Å². The van der Waals surface area contributed by atoms with Crippen molar-refractivity contribution in [1.29, 1.82) is 0 Å². The van der Waals surface area contributed by atoms with Gasteiger partial charge in [0.15, 0.2) is 0 Å². The second-order valence-electron chi connectivity index (χ2n) is 4.05. The molecule has 0 saturated heterocycles. The highest BCUT2D eigenvalue weighted by Gasteiger charge is 2.09. The SMILES string of the molecule is CCN(CC)CCOC(=O)c1cc(N)cc(N)c1.Cl. The largest absolute Gasteiger partial charge is 0.461 e. The Labute approximate surface area is 120 Å². The first-order chi connectivity index (χ1) is 8.56. The van der Waals surface area contributed by atoms with Crippen molar-refractivity contribution in [1.82, 2.24) is 4.90 Å². The minimum Gasteiger partial charge on any atom is -0.461 e. The van der Waals surface area contributed by atoms with Gasteiger partial charge >= 0.3 is 5.97 Å². The van der Waals surface area contributed by atoms with Crippen molar-refractivity contribution in [3.63, 3.8) is 0 Å². The Morgan fingerprint density at radius 3 is 2.16 bits per heavy atom. The van der Waals surface area contributed by atoms with Crippen molar-refractivity contribution >= 4 is 29.8 Å². The van der Waals surface area contributed by atoms with Crippen molar-refractivity contribution in [3.05, 3.63) is 23.8 Å². The maximum absolute atomic E-state index is 11.8. The van der Waals surface area contributed by atoms with Gasteiger partial charge in [-0.15, -0.1) is 12.4 Å². The van der Waals surface area contributed by atoms with E-state index in [2.05, 4.69) is 18.7 Å². The third kappa shape index (κ3) is 5.81. The molecule has 1 rings (SSSR count). The molecule has 0 aliphatic rings.